The van der Waals surface area contributed by atoms with Crippen LogP contribution < -0.4 is 5.32 Å². The van der Waals surface area contributed by atoms with Crippen LogP contribution in [0.2, 0.25) is 0 Å². The standard InChI is InChI=1S/C69H129NO5/c1-3-5-7-9-11-13-15-43-47-51-55-59-63-69(74)75-64-60-56-52-48-44-40-38-36-34-32-30-28-26-24-22-20-18-16-17-19-21-23-25-27-29-31-33-35-37-39-42-46-50-54-58-62-68(73)70-66(65-71)67(72)61-57-53-49-45-41-14-12-10-8-6-4-2/h11,13,18,20,24,26,57,61,66-67,71-72H,3-10,12,14-17,19,21-23,25,27-56,58-60,62-65H2,1-2H3,(H,70,73)/b13-11-,20-18-,26-24-,61-57+. The molecule has 3 N–H and O–H groups in total. The summed E-state index contributed by atoms with van der Waals surface area (Å²) < 4.78 is 5.47. The molecule has 0 radical (unpaired) electrons. The quantitative estimate of drug-likeness (QED) is 0.0320. The number of unbranched alkanes of at least 4 members (excludes halogenated alkanes) is 45. The van der Waals surface area contributed by atoms with E-state index in [2.05, 4.69) is 55.6 Å². The van der Waals surface area contributed by atoms with Gasteiger partial charge in [-0.15, -0.1) is 0 Å². The maximum absolute atomic E-state index is 12.4. The zero-order valence-electron chi connectivity index (χ0n) is 50.3. The lowest BCUT2D eigenvalue weighted by molar-refractivity contribution is -0.143. The molecule has 0 aliphatic carbocycles. The lowest BCUT2D eigenvalue weighted by Crippen LogP contribution is -2.45. The van der Waals surface area contributed by atoms with Gasteiger partial charge in [-0.05, 0) is 89.9 Å². The Morgan fingerprint density at radius 1 is 0.373 bits per heavy atom. The van der Waals surface area contributed by atoms with Crippen molar-refractivity contribution in [3.05, 3.63) is 48.6 Å². The van der Waals surface area contributed by atoms with Crippen molar-refractivity contribution in [2.75, 3.05) is 13.2 Å². The molecule has 6 heteroatoms. The molecule has 0 aromatic heterocycles. The summed E-state index contributed by atoms with van der Waals surface area (Å²) in [6.07, 6.45) is 83.4. The molecule has 0 heterocycles. The number of nitrogens with one attached hydrogen (secondary N) is 1. The molecule has 0 rings (SSSR count). The lowest BCUT2D eigenvalue weighted by Gasteiger charge is -2.20. The number of hydrogen-bond acceptors (Lipinski definition) is 5. The number of allylic oxidation sites excluding steroid dienone is 7. The van der Waals surface area contributed by atoms with Crippen LogP contribution in [0.4, 0.5) is 0 Å². The fraction of sp³-hybridized carbons (Fsp3) is 0.855. The molecule has 0 aliphatic heterocycles. The SMILES string of the molecule is CCCCC/C=C\CCCCCCCC(=O)OCCCCCCCCCCCCC/C=C\C/C=C\CCCCCCCCCCCCCCCCCCCC(=O)NC(CO)C(O)/C=C/CCCCCCCCCCC. The molecule has 2 unspecified atom stereocenters. The van der Waals surface area contributed by atoms with Gasteiger partial charge in [-0.3, -0.25) is 9.59 Å². The predicted octanol–water partition coefficient (Wildman–Crippen LogP) is 21.3. The molecule has 0 bridgehead atoms. The van der Waals surface area contributed by atoms with Crippen LogP contribution in [0.15, 0.2) is 48.6 Å². The topological polar surface area (TPSA) is 95.9 Å². The molecule has 0 aromatic carbocycles. The average Bonchev–Trinajstić information content (AvgIpc) is 3.41. The summed E-state index contributed by atoms with van der Waals surface area (Å²) in [5.41, 5.74) is 0. The minimum Gasteiger partial charge on any atom is -0.466 e. The minimum atomic E-state index is -0.841. The summed E-state index contributed by atoms with van der Waals surface area (Å²) in [6, 6.07) is -0.625. The molecule has 0 aliphatic rings. The number of hydrogen-bond donors (Lipinski definition) is 3. The van der Waals surface area contributed by atoms with Crippen LogP contribution in [0.3, 0.4) is 0 Å². The molecule has 0 aromatic rings. The third-order valence-corrected chi connectivity index (χ3v) is 15.3. The first-order valence-corrected chi connectivity index (χ1v) is 33.4. The number of amides is 1. The van der Waals surface area contributed by atoms with Gasteiger partial charge in [0.15, 0.2) is 0 Å². The summed E-state index contributed by atoms with van der Waals surface area (Å²) in [7, 11) is 0. The Labute approximate surface area is 467 Å². The van der Waals surface area contributed by atoms with Gasteiger partial charge in [0, 0.05) is 12.8 Å². The van der Waals surface area contributed by atoms with E-state index in [0.717, 1.165) is 51.4 Å². The normalized spacial score (nSPS) is 12.9. The summed E-state index contributed by atoms with van der Waals surface area (Å²) >= 11 is 0. The lowest BCUT2D eigenvalue weighted by atomic mass is 10.0. The highest BCUT2D eigenvalue weighted by atomic mass is 16.5. The van der Waals surface area contributed by atoms with Gasteiger partial charge >= 0.3 is 5.97 Å². The van der Waals surface area contributed by atoms with E-state index >= 15 is 0 Å². The van der Waals surface area contributed by atoms with Crippen molar-refractivity contribution >= 4 is 11.9 Å². The number of ether oxygens (including phenoxy) is 1. The van der Waals surface area contributed by atoms with Crippen LogP contribution in [0.1, 0.15) is 354 Å². The zero-order chi connectivity index (χ0) is 54.3. The third-order valence-electron chi connectivity index (χ3n) is 15.3. The van der Waals surface area contributed by atoms with Crippen molar-refractivity contribution in [2.24, 2.45) is 0 Å². The average molecular weight is 1050 g/mol. The Kier molecular flexibility index (Phi) is 62.5. The molecule has 0 fully saturated rings. The Morgan fingerprint density at radius 3 is 1.05 bits per heavy atom. The van der Waals surface area contributed by atoms with E-state index in [9.17, 15) is 19.8 Å². The Bertz CT molecular complexity index is 1260. The van der Waals surface area contributed by atoms with Crippen LogP contribution in [0.25, 0.3) is 0 Å². The molecule has 75 heavy (non-hydrogen) atoms. The van der Waals surface area contributed by atoms with Crippen molar-refractivity contribution in [2.45, 2.75) is 366 Å². The van der Waals surface area contributed by atoms with Gasteiger partial charge in [-0.1, -0.05) is 300 Å². The van der Waals surface area contributed by atoms with E-state index in [1.54, 1.807) is 6.08 Å². The first-order chi connectivity index (χ1) is 37.0. The van der Waals surface area contributed by atoms with Gasteiger partial charge in [0.25, 0.3) is 0 Å². The number of carbonyl (C=O) groups is 2. The summed E-state index contributed by atoms with van der Waals surface area (Å²) in [5.74, 6) is -0.0601. The van der Waals surface area contributed by atoms with Crippen molar-refractivity contribution in [1.82, 2.24) is 5.32 Å². The molecular weight excluding hydrogens is 923 g/mol. The molecule has 0 saturated heterocycles. The van der Waals surface area contributed by atoms with E-state index in [1.165, 1.54) is 276 Å². The van der Waals surface area contributed by atoms with Crippen molar-refractivity contribution in [3.63, 3.8) is 0 Å². The number of esters is 1. The number of aliphatic hydroxyl groups is 2. The first-order valence-electron chi connectivity index (χ1n) is 33.4. The van der Waals surface area contributed by atoms with E-state index in [-0.39, 0.29) is 18.5 Å². The molecular formula is C69H129NO5. The second-order valence-corrected chi connectivity index (χ2v) is 22.8. The largest absolute Gasteiger partial charge is 0.466 e. The van der Waals surface area contributed by atoms with Crippen LogP contribution in [-0.4, -0.2) is 47.4 Å². The molecule has 6 nitrogen and oxygen atoms in total. The fourth-order valence-corrected chi connectivity index (χ4v) is 10.2. The molecule has 0 saturated carbocycles. The molecule has 0 spiro atoms. The highest BCUT2D eigenvalue weighted by Crippen LogP contribution is 2.17. The number of rotatable bonds is 62. The van der Waals surface area contributed by atoms with Gasteiger partial charge < -0.3 is 20.3 Å². The highest BCUT2D eigenvalue weighted by molar-refractivity contribution is 5.76. The minimum absolute atomic E-state index is 0.00616. The Balaban J connectivity index is 3.37. The van der Waals surface area contributed by atoms with Gasteiger partial charge in [-0.2, -0.15) is 0 Å². The predicted molar refractivity (Wildman–Crippen MR) is 329 cm³/mol. The van der Waals surface area contributed by atoms with Crippen LogP contribution in [0.5, 0.6) is 0 Å². The second-order valence-electron chi connectivity index (χ2n) is 22.8. The second kappa shape index (κ2) is 64.3. The molecule has 440 valence electrons. The van der Waals surface area contributed by atoms with E-state index < -0.39 is 12.1 Å². The Hall–Kier alpha value is -2.18. The van der Waals surface area contributed by atoms with Crippen molar-refractivity contribution in [3.8, 4) is 0 Å². The summed E-state index contributed by atoms with van der Waals surface area (Å²) in [5, 5.41) is 23.0. The Morgan fingerprint density at radius 2 is 0.667 bits per heavy atom. The molecule has 1 amide bonds. The maximum Gasteiger partial charge on any atom is 0.305 e. The first kappa shape index (κ1) is 72.8. The highest BCUT2D eigenvalue weighted by Gasteiger charge is 2.18. The van der Waals surface area contributed by atoms with E-state index in [4.69, 9.17) is 4.74 Å². The number of aliphatic hydroxyl groups excluding tert-OH is 2. The van der Waals surface area contributed by atoms with Crippen molar-refractivity contribution in [1.29, 1.82) is 0 Å². The van der Waals surface area contributed by atoms with Crippen LogP contribution in [-0.2, 0) is 14.3 Å². The van der Waals surface area contributed by atoms with E-state index in [0.29, 0.717) is 19.4 Å². The van der Waals surface area contributed by atoms with Gasteiger partial charge in [0.2, 0.25) is 5.91 Å². The smallest absolute Gasteiger partial charge is 0.305 e. The van der Waals surface area contributed by atoms with Gasteiger partial charge in [-0.25, -0.2) is 0 Å². The van der Waals surface area contributed by atoms with Gasteiger partial charge in [0.1, 0.15) is 0 Å². The zero-order valence-corrected chi connectivity index (χ0v) is 50.3. The van der Waals surface area contributed by atoms with Crippen LogP contribution >= 0.6 is 0 Å². The number of carbonyl (C=O) groups excluding carboxylic acids is 2. The monoisotopic (exact) mass is 1050 g/mol. The van der Waals surface area contributed by atoms with Crippen molar-refractivity contribution < 1.29 is 24.5 Å². The third kappa shape index (κ3) is 60.9. The van der Waals surface area contributed by atoms with Crippen LogP contribution in [0, 0.1) is 0 Å². The fourth-order valence-electron chi connectivity index (χ4n) is 10.2. The van der Waals surface area contributed by atoms with Gasteiger partial charge in [0.05, 0.1) is 25.4 Å². The summed E-state index contributed by atoms with van der Waals surface area (Å²) in [4.78, 5) is 24.4. The van der Waals surface area contributed by atoms with E-state index in [1.807, 2.05) is 6.08 Å². The maximum atomic E-state index is 12.4. The summed E-state index contributed by atoms with van der Waals surface area (Å²) in [6.45, 7) is 4.88. The molecule has 2 atom stereocenters.